The lowest BCUT2D eigenvalue weighted by Crippen LogP contribution is -2.53. The van der Waals surface area contributed by atoms with Crippen LogP contribution < -0.4 is 9.64 Å². The summed E-state index contributed by atoms with van der Waals surface area (Å²) in [5.74, 6) is 1.26. The van der Waals surface area contributed by atoms with Crippen LogP contribution in [0.3, 0.4) is 0 Å². The number of carbonyl (C=O) groups is 1. The smallest absolute Gasteiger partial charge is 0.410 e. The highest BCUT2D eigenvalue weighted by Crippen LogP contribution is 2.39. The molecule has 0 spiro atoms. The Hall–Kier alpha value is -3.69. The number of aromatic nitrogens is 5. The molecule has 2 unspecified atom stereocenters. The molecule has 2 saturated heterocycles. The van der Waals surface area contributed by atoms with Gasteiger partial charge in [-0.25, -0.2) is 14.5 Å². The lowest BCUT2D eigenvalue weighted by atomic mass is 9.96. The van der Waals surface area contributed by atoms with Crippen molar-refractivity contribution in [2.45, 2.75) is 70.2 Å². The Morgan fingerprint density at radius 3 is 2.36 bits per heavy atom. The Morgan fingerprint density at radius 2 is 1.78 bits per heavy atom. The molecule has 36 heavy (non-hydrogen) atoms. The van der Waals surface area contributed by atoms with Crippen molar-refractivity contribution in [3.8, 4) is 23.0 Å². The van der Waals surface area contributed by atoms with Gasteiger partial charge in [0.25, 0.3) is 0 Å². The van der Waals surface area contributed by atoms with Crippen LogP contribution in [0.15, 0.2) is 42.7 Å². The Bertz CT molecular complexity index is 1190. The fourth-order valence-electron chi connectivity index (χ4n) is 5.23. The van der Waals surface area contributed by atoms with Gasteiger partial charge in [-0.05, 0) is 76.8 Å². The number of ether oxygens (including phenoxy) is 2. The van der Waals surface area contributed by atoms with E-state index in [4.69, 9.17) is 9.47 Å². The predicted molar refractivity (Wildman–Crippen MR) is 135 cm³/mol. The summed E-state index contributed by atoms with van der Waals surface area (Å²) in [7, 11) is 3.64. The topological polar surface area (TPSA) is 98.5 Å². The van der Waals surface area contributed by atoms with Crippen molar-refractivity contribution >= 4 is 11.9 Å². The number of methoxy groups -OCH3 is 1. The van der Waals surface area contributed by atoms with E-state index in [0.717, 1.165) is 37.2 Å². The van der Waals surface area contributed by atoms with Gasteiger partial charge in [0.2, 0.25) is 5.88 Å². The van der Waals surface area contributed by atoms with Crippen LogP contribution in [0.4, 0.5) is 10.6 Å². The van der Waals surface area contributed by atoms with E-state index in [9.17, 15) is 4.79 Å². The molecule has 5 rings (SSSR count). The second kappa shape index (κ2) is 9.40. The second-order valence-corrected chi connectivity index (χ2v) is 10.5. The van der Waals surface area contributed by atoms with Crippen LogP contribution in [0.5, 0.6) is 5.88 Å². The summed E-state index contributed by atoms with van der Waals surface area (Å²) in [5.41, 5.74) is 1.60. The third kappa shape index (κ3) is 4.72. The molecule has 3 aromatic heterocycles. The highest BCUT2D eigenvalue weighted by atomic mass is 16.6. The molecule has 10 nitrogen and oxygen atoms in total. The van der Waals surface area contributed by atoms with E-state index in [1.54, 1.807) is 18.0 Å². The summed E-state index contributed by atoms with van der Waals surface area (Å²) >= 11 is 0. The van der Waals surface area contributed by atoms with Crippen LogP contribution in [0, 0.1) is 0 Å². The predicted octanol–water partition coefficient (Wildman–Crippen LogP) is 4.10. The van der Waals surface area contributed by atoms with Gasteiger partial charge < -0.3 is 19.3 Å². The summed E-state index contributed by atoms with van der Waals surface area (Å²) in [4.78, 5) is 21.5. The minimum Gasteiger partial charge on any atom is -0.479 e. The van der Waals surface area contributed by atoms with E-state index in [-0.39, 0.29) is 24.2 Å². The Kier molecular flexibility index (Phi) is 6.27. The maximum absolute atomic E-state index is 12.8. The number of pyridine rings is 1. The first-order chi connectivity index (χ1) is 17.2. The number of hydrogen-bond acceptors (Lipinski definition) is 8. The average molecular weight is 492 g/mol. The molecule has 2 aliphatic rings. The van der Waals surface area contributed by atoms with Crippen LogP contribution in [0.1, 0.15) is 46.5 Å². The minimum absolute atomic E-state index is 0.193. The van der Waals surface area contributed by atoms with Gasteiger partial charge in [0.05, 0.1) is 12.8 Å². The zero-order valence-electron chi connectivity index (χ0n) is 21.5. The highest BCUT2D eigenvalue weighted by molar-refractivity contribution is 5.70. The molecule has 190 valence electrons. The molecule has 0 saturated carbocycles. The molecule has 5 heterocycles. The first kappa shape index (κ1) is 24.0. The van der Waals surface area contributed by atoms with Gasteiger partial charge in [-0.15, -0.1) is 10.2 Å². The molecular weight excluding hydrogens is 458 g/mol. The zero-order chi connectivity index (χ0) is 25.4. The van der Waals surface area contributed by atoms with Gasteiger partial charge in [-0.2, -0.15) is 5.10 Å². The monoisotopic (exact) mass is 491 g/mol. The number of nitrogens with zero attached hydrogens (tertiary/aromatic N) is 7. The number of amides is 1. The molecule has 1 amide bonds. The number of fused-ring (bicyclic) bond motifs is 2. The Morgan fingerprint density at radius 1 is 1.06 bits per heavy atom. The molecule has 0 radical (unpaired) electrons. The molecule has 2 atom stereocenters. The lowest BCUT2D eigenvalue weighted by Gasteiger charge is -2.42. The van der Waals surface area contributed by atoms with E-state index in [1.807, 2.05) is 62.2 Å². The van der Waals surface area contributed by atoms with E-state index < -0.39 is 5.60 Å². The van der Waals surface area contributed by atoms with Gasteiger partial charge >= 0.3 is 6.09 Å². The minimum atomic E-state index is -0.486. The Balaban J connectivity index is 1.28. The van der Waals surface area contributed by atoms with E-state index >= 15 is 0 Å². The molecule has 10 heteroatoms. The van der Waals surface area contributed by atoms with Crippen molar-refractivity contribution in [3.63, 3.8) is 0 Å². The van der Waals surface area contributed by atoms with Crippen LogP contribution in [0.2, 0.25) is 0 Å². The summed E-state index contributed by atoms with van der Waals surface area (Å²) in [6, 6.07) is 10.2. The maximum Gasteiger partial charge on any atom is 0.410 e. The average Bonchev–Trinajstić information content (AvgIpc) is 3.48. The third-order valence-corrected chi connectivity index (χ3v) is 6.92. The van der Waals surface area contributed by atoms with Gasteiger partial charge in [-0.3, -0.25) is 0 Å². The molecule has 3 aromatic rings. The highest BCUT2D eigenvalue weighted by Gasteiger charge is 2.45. The summed E-state index contributed by atoms with van der Waals surface area (Å²) in [5, 5.41) is 13.2. The molecule has 2 aliphatic heterocycles. The number of carbonyl (C=O) groups excluding carboxylic acids is 1. The van der Waals surface area contributed by atoms with Crippen LogP contribution in [-0.2, 0) is 4.74 Å². The second-order valence-electron chi connectivity index (χ2n) is 10.5. The zero-order valence-corrected chi connectivity index (χ0v) is 21.5. The van der Waals surface area contributed by atoms with Gasteiger partial charge in [0.1, 0.15) is 17.0 Å². The molecule has 2 fully saturated rings. The maximum atomic E-state index is 12.8. The Labute approximate surface area is 211 Å². The SMILES string of the molecule is COc1nc(-c2ccc(N(C)C3CC4CCC(C3)N4C(=O)OC(C)(C)C)nn2)ccc1-n1cccn1. The normalized spacial score (nSPS) is 21.4. The molecule has 2 bridgehead atoms. The molecule has 0 aromatic carbocycles. The van der Waals surface area contributed by atoms with Crippen molar-refractivity contribution < 1.29 is 14.3 Å². The van der Waals surface area contributed by atoms with Gasteiger partial charge in [-0.1, -0.05) is 0 Å². The van der Waals surface area contributed by atoms with Crippen molar-refractivity contribution in [1.82, 2.24) is 29.9 Å². The van der Waals surface area contributed by atoms with Crippen molar-refractivity contribution in [1.29, 1.82) is 0 Å². The van der Waals surface area contributed by atoms with Crippen molar-refractivity contribution in [3.05, 3.63) is 42.7 Å². The number of anilines is 1. The van der Waals surface area contributed by atoms with Crippen LogP contribution in [-0.4, -0.2) is 73.8 Å². The summed E-state index contributed by atoms with van der Waals surface area (Å²) in [6.07, 6.45) is 7.17. The fourth-order valence-corrected chi connectivity index (χ4v) is 5.23. The van der Waals surface area contributed by atoms with Crippen LogP contribution >= 0.6 is 0 Å². The van der Waals surface area contributed by atoms with Gasteiger partial charge in [0.15, 0.2) is 5.82 Å². The van der Waals surface area contributed by atoms with Crippen LogP contribution in [0.25, 0.3) is 17.1 Å². The lowest BCUT2D eigenvalue weighted by molar-refractivity contribution is 0.00597. The standard InChI is InChI=1S/C26H33N7O3/c1-26(2,3)36-25(34)33-17-7-8-18(33)16-19(15-17)31(4)23-12-10-21(29-30-23)20-9-11-22(24(28-20)35-5)32-14-6-13-27-32/h6,9-14,17-19H,7-8,15-16H2,1-5H3. The summed E-state index contributed by atoms with van der Waals surface area (Å²) < 4.78 is 12.9. The number of piperidine rings is 1. The number of rotatable bonds is 5. The largest absolute Gasteiger partial charge is 0.479 e. The third-order valence-electron chi connectivity index (χ3n) is 6.92. The number of hydrogen-bond donors (Lipinski definition) is 0. The fraction of sp³-hybridized carbons (Fsp3) is 0.500. The molecule has 0 aliphatic carbocycles. The first-order valence-corrected chi connectivity index (χ1v) is 12.4. The van der Waals surface area contributed by atoms with E-state index in [0.29, 0.717) is 17.3 Å². The van der Waals surface area contributed by atoms with Crippen molar-refractivity contribution in [2.24, 2.45) is 0 Å². The van der Waals surface area contributed by atoms with E-state index in [1.165, 1.54) is 0 Å². The van der Waals surface area contributed by atoms with Crippen molar-refractivity contribution in [2.75, 3.05) is 19.1 Å². The van der Waals surface area contributed by atoms with Gasteiger partial charge in [0, 0.05) is 37.6 Å². The molecule has 0 N–H and O–H groups in total. The first-order valence-electron chi connectivity index (χ1n) is 12.4. The quantitative estimate of drug-likeness (QED) is 0.526. The molecular formula is C26H33N7O3. The van der Waals surface area contributed by atoms with E-state index in [2.05, 4.69) is 32.2 Å². The summed E-state index contributed by atoms with van der Waals surface area (Å²) in [6.45, 7) is 5.74.